The lowest BCUT2D eigenvalue weighted by Gasteiger charge is -2.12. The largest absolute Gasteiger partial charge is 0.338 e. The molecule has 2 aromatic rings. The molecular weight excluding hydrogens is 318 g/mol. The Kier molecular flexibility index (Phi) is 4.23. The highest BCUT2D eigenvalue weighted by molar-refractivity contribution is 7.92. The third-order valence-electron chi connectivity index (χ3n) is 2.76. The Balaban J connectivity index is 2.17. The molecule has 0 saturated heterocycles. The molecular formula is C12H16F2N4O3S. The van der Waals surface area contributed by atoms with Crippen LogP contribution < -0.4 is 4.72 Å². The zero-order valence-corrected chi connectivity index (χ0v) is 13.1. The van der Waals surface area contributed by atoms with Gasteiger partial charge < -0.3 is 4.52 Å². The fourth-order valence-electron chi connectivity index (χ4n) is 1.59. The normalized spacial score (nSPS) is 12.8. The highest BCUT2D eigenvalue weighted by atomic mass is 32.2. The summed E-state index contributed by atoms with van der Waals surface area (Å²) in [4.78, 5) is -0.234. The molecule has 0 aromatic carbocycles. The van der Waals surface area contributed by atoms with Gasteiger partial charge in [-0.1, -0.05) is 25.9 Å². The summed E-state index contributed by atoms with van der Waals surface area (Å²) in [5, 5.41) is 7.37. The lowest BCUT2D eigenvalue weighted by molar-refractivity contribution is 0.121. The van der Waals surface area contributed by atoms with Gasteiger partial charge in [-0.2, -0.15) is 5.10 Å². The maximum atomic E-state index is 12.2. The summed E-state index contributed by atoms with van der Waals surface area (Å²) in [5.74, 6) is -0.0495. The molecule has 2 aromatic heterocycles. The van der Waals surface area contributed by atoms with E-state index >= 15 is 0 Å². The molecule has 0 aliphatic rings. The molecule has 22 heavy (non-hydrogen) atoms. The molecule has 0 unspecified atom stereocenters. The van der Waals surface area contributed by atoms with Gasteiger partial charge in [0.25, 0.3) is 16.4 Å². The highest BCUT2D eigenvalue weighted by Gasteiger charge is 2.23. The van der Waals surface area contributed by atoms with E-state index in [2.05, 4.69) is 15.0 Å². The number of rotatable bonds is 5. The molecule has 10 heteroatoms. The van der Waals surface area contributed by atoms with Gasteiger partial charge in [0.2, 0.25) is 5.88 Å². The van der Waals surface area contributed by atoms with Crippen LogP contribution in [0.15, 0.2) is 27.9 Å². The number of halogens is 2. The van der Waals surface area contributed by atoms with Gasteiger partial charge in [0.15, 0.2) is 0 Å². The number of aromatic nitrogens is 3. The Bertz CT molecular complexity index is 747. The third-order valence-corrected chi connectivity index (χ3v) is 4.06. The van der Waals surface area contributed by atoms with Gasteiger partial charge in [0, 0.05) is 17.7 Å². The smallest absolute Gasteiger partial charge is 0.267 e. The van der Waals surface area contributed by atoms with E-state index in [0.717, 1.165) is 17.1 Å². The minimum absolute atomic E-state index is 0.0495. The fraction of sp³-hybridized carbons (Fsp3) is 0.500. The Morgan fingerprint density at radius 2 is 2.09 bits per heavy atom. The van der Waals surface area contributed by atoms with Crippen LogP contribution in [0, 0.1) is 0 Å². The molecule has 0 aliphatic carbocycles. The fourth-order valence-corrected chi connectivity index (χ4v) is 2.52. The number of anilines is 1. The summed E-state index contributed by atoms with van der Waals surface area (Å²) in [7, 11) is -3.97. The first-order valence-electron chi connectivity index (χ1n) is 6.38. The standard InChI is InChI=1S/C12H16F2N4O3S/c1-12(2,3)9-4-11(21-16-9)17-22(19,20)8-5-15-18(6-8)7-10(13)14/h4-6,10,17H,7H2,1-3H3. The van der Waals surface area contributed by atoms with E-state index in [-0.39, 0.29) is 16.2 Å². The molecule has 1 N–H and O–H groups in total. The number of alkyl halides is 2. The first kappa shape index (κ1) is 16.4. The molecule has 0 amide bonds. The van der Waals surface area contributed by atoms with Gasteiger partial charge in [0.05, 0.1) is 11.9 Å². The predicted molar refractivity (Wildman–Crippen MR) is 74.2 cm³/mol. The second-order valence-corrected chi connectivity index (χ2v) is 7.40. The van der Waals surface area contributed by atoms with Crippen molar-refractivity contribution in [3.05, 3.63) is 24.2 Å². The van der Waals surface area contributed by atoms with E-state index in [1.54, 1.807) is 0 Å². The zero-order chi connectivity index (χ0) is 16.5. The molecule has 0 spiro atoms. The Morgan fingerprint density at radius 3 is 2.64 bits per heavy atom. The molecule has 0 atom stereocenters. The first-order valence-corrected chi connectivity index (χ1v) is 7.87. The van der Waals surface area contributed by atoms with Crippen molar-refractivity contribution < 1.29 is 21.7 Å². The summed E-state index contributed by atoms with van der Waals surface area (Å²) in [6, 6.07) is 1.47. The molecule has 0 bridgehead atoms. The van der Waals surface area contributed by atoms with E-state index in [9.17, 15) is 17.2 Å². The Labute approximate surface area is 126 Å². The quantitative estimate of drug-likeness (QED) is 0.905. The Morgan fingerprint density at radius 1 is 1.41 bits per heavy atom. The minimum atomic E-state index is -3.97. The molecule has 0 fully saturated rings. The number of hydrogen-bond donors (Lipinski definition) is 1. The molecule has 2 heterocycles. The monoisotopic (exact) mass is 334 g/mol. The van der Waals surface area contributed by atoms with Crippen molar-refractivity contribution in [1.82, 2.24) is 14.9 Å². The van der Waals surface area contributed by atoms with Crippen molar-refractivity contribution in [2.75, 3.05) is 4.72 Å². The second kappa shape index (κ2) is 5.67. The van der Waals surface area contributed by atoms with Crippen LogP contribution in [-0.2, 0) is 22.0 Å². The van der Waals surface area contributed by atoms with Crippen LogP contribution in [0.4, 0.5) is 14.7 Å². The molecule has 122 valence electrons. The lowest BCUT2D eigenvalue weighted by Crippen LogP contribution is -2.13. The first-order chi connectivity index (χ1) is 10.1. The number of nitrogens with zero attached hydrogens (tertiary/aromatic N) is 3. The van der Waals surface area contributed by atoms with Crippen molar-refractivity contribution in [2.45, 2.75) is 44.1 Å². The van der Waals surface area contributed by atoms with Crippen LogP contribution in [0.2, 0.25) is 0 Å². The van der Waals surface area contributed by atoms with Crippen molar-refractivity contribution in [1.29, 1.82) is 0 Å². The van der Waals surface area contributed by atoms with E-state index in [1.807, 2.05) is 20.8 Å². The number of sulfonamides is 1. The van der Waals surface area contributed by atoms with E-state index in [0.29, 0.717) is 5.69 Å². The van der Waals surface area contributed by atoms with E-state index in [4.69, 9.17) is 4.52 Å². The minimum Gasteiger partial charge on any atom is -0.338 e. The molecule has 0 aliphatic heterocycles. The maximum Gasteiger partial charge on any atom is 0.267 e. The lowest BCUT2D eigenvalue weighted by atomic mass is 9.92. The van der Waals surface area contributed by atoms with Gasteiger partial charge >= 0.3 is 0 Å². The van der Waals surface area contributed by atoms with Crippen LogP contribution in [-0.4, -0.2) is 29.8 Å². The van der Waals surface area contributed by atoms with Crippen LogP contribution in [0.25, 0.3) is 0 Å². The average molecular weight is 334 g/mol. The van der Waals surface area contributed by atoms with Crippen LogP contribution in [0.3, 0.4) is 0 Å². The van der Waals surface area contributed by atoms with Crippen LogP contribution in [0.5, 0.6) is 0 Å². The van der Waals surface area contributed by atoms with Crippen molar-refractivity contribution in [2.24, 2.45) is 0 Å². The summed E-state index contributed by atoms with van der Waals surface area (Å²) >= 11 is 0. The predicted octanol–water partition coefficient (Wildman–Crippen LogP) is 2.23. The van der Waals surface area contributed by atoms with Crippen molar-refractivity contribution in [3.8, 4) is 0 Å². The van der Waals surface area contributed by atoms with Gasteiger partial charge in [0.1, 0.15) is 11.4 Å². The topological polar surface area (TPSA) is 90.0 Å². The van der Waals surface area contributed by atoms with Crippen molar-refractivity contribution in [3.63, 3.8) is 0 Å². The number of hydrogen-bond acceptors (Lipinski definition) is 5. The van der Waals surface area contributed by atoms with Crippen molar-refractivity contribution >= 4 is 15.9 Å². The summed E-state index contributed by atoms with van der Waals surface area (Å²) in [6.45, 7) is 5.03. The zero-order valence-electron chi connectivity index (χ0n) is 12.2. The molecule has 0 saturated carbocycles. The molecule has 0 radical (unpaired) electrons. The summed E-state index contributed by atoms with van der Waals surface area (Å²) in [6.07, 6.45) is -0.603. The SMILES string of the molecule is CC(C)(C)c1cc(NS(=O)(=O)c2cnn(CC(F)F)c2)on1. The highest BCUT2D eigenvalue weighted by Crippen LogP contribution is 2.25. The molecule has 7 nitrogen and oxygen atoms in total. The summed E-state index contributed by atoms with van der Waals surface area (Å²) in [5.41, 5.74) is 0.286. The second-order valence-electron chi connectivity index (χ2n) is 5.72. The average Bonchev–Trinajstić information content (AvgIpc) is 2.96. The van der Waals surface area contributed by atoms with Gasteiger partial charge in [-0.3, -0.25) is 4.68 Å². The summed E-state index contributed by atoms with van der Waals surface area (Å²) < 4.78 is 56.7. The maximum absolute atomic E-state index is 12.2. The van der Waals surface area contributed by atoms with E-state index in [1.165, 1.54) is 6.07 Å². The molecule has 2 rings (SSSR count). The van der Waals surface area contributed by atoms with Gasteiger partial charge in [-0.25, -0.2) is 21.9 Å². The van der Waals surface area contributed by atoms with Crippen LogP contribution >= 0.6 is 0 Å². The number of nitrogens with one attached hydrogen (secondary N) is 1. The van der Waals surface area contributed by atoms with Crippen LogP contribution in [0.1, 0.15) is 26.5 Å². The van der Waals surface area contributed by atoms with Gasteiger partial charge in [-0.05, 0) is 0 Å². The Hall–Kier alpha value is -1.97. The third kappa shape index (κ3) is 3.81. The van der Waals surface area contributed by atoms with E-state index < -0.39 is 23.0 Å². The van der Waals surface area contributed by atoms with Gasteiger partial charge in [-0.15, -0.1) is 0 Å².